The van der Waals surface area contributed by atoms with E-state index in [0.29, 0.717) is 56.0 Å². The molecule has 186 valence electrons. The van der Waals surface area contributed by atoms with Crippen molar-refractivity contribution in [3.63, 3.8) is 0 Å². The van der Waals surface area contributed by atoms with Gasteiger partial charge in [-0.3, -0.25) is 9.69 Å². The molecule has 0 radical (unpaired) electrons. The van der Waals surface area contributed by atoms with Crippen molar-refractivity contribution in [3.05, 3.63) is 64.4 Å². The summed E-state index contributed by atoms with van der Waals surface area (Å²) in [4.78, 5) is 13.6. The minimum Gasteiger partial charge on any atom is -0.486 e. The fraction of sp³-hybridized carbons (Fsp3) is 0.423. The summed E-state index contributed by atoms with van der Waals surface area (Å²) >= 11 is 0. The number of furan rings is 1. The Balaban J connectivity index is 1.40. The van der Waals surface area contributed by atoms with Gasteiger partial charge in [-0.05, 0) is 47.7 Å². The lowest BCUT2D eigenvalue weighted by Crippen LogP contribution is -2.36. The maximum absolute atomic E-state index is 13.9. The molecule has 3 aromatic rings. The third-order valence-corrected chi connectivity index (χ3v) is 6.73. The van der Waals surface area contributed by atoms with Crippen LogP contribution in [0, 0.1) is 0 Å². The molecule has 5 rings (SSSR count). The highest BCUT2D eigenvalue weighted by Crippen LogP contribution is 2.43. The molecule has 1 atom stereocenters. The van der Waals surface area contributed by atoms with Crippen LogP contribution in [0.4, 0.5) is 13.2 Å². The monoisotopic (exact) mass is 489 g/mol. The Morgan fingerprint density at radius 2 is 1.97 bits per heavy atom. The molecule has 9 heteroatoms. The lowest BCUT2D eigenvalue weighted by Gasteiger charge is -2.29. The first-order valence-electron chi connectivity index (χ1n) is 11.6. The van der Waals surface area contributed by atoms with Crippen LogP contribution in [0.2, 0.25) is 0 Å². The van der Waals surface area contributed by atoms with Crippen LogP contribution >= 0.6 is 0 Å². The second-order valence-electron chi connectivity index (χ2n) is 8.86. The zero-order valence-corrected chi connectivity index (χ0v) is 19.3. The maximum Gasteiger partial charge on any atom is 0.416 e. The van der Waals surface area contributed by atoms with Crippen molar-refractivity contribution in [2.75, 3.05) is 33.4 Å². The first-order chi connectivity index (χ1) is 16.8. The Morgan fingerprint density at radius 1 is 1.17 bits per heavy atom. The first-order valence-corrected chi connectivity index (χ1v) is 11.6. The van der Waals surface area contributed by atoms with Crippen LogP contribution in [-0.2, 0) is 39.8 Å². The number of esters is 1. The summed E-state index contributed by atoms with van der Waals surface area (Å²) in [6.45, 7) is 2.52. The SMILES string of the molecule is COC(=O)Cc1coc2cc(O[C@@H]3CCc4c3ccc(C(F)(F)F)c4CN3CCOCC3)ccc12. The van der Waals surface area contributed by atoms with E-state index < -0.39 is 11.7 Å². The molecular weight excluding hydrogens is 463 g/mol. The molecule has 2 aliphatic rings. The van der Waals surface area contributed by atoms with Crippen LogP contribution in [0.3, 0.4) is 0 Å². The minimum atomic E-state index is -4.41. The third kappa shape index (κ3) is 4.88. The van der Waals surface area contributed by atoms with Gasteiger partial charge in [-0.1, -0.05) is 6.07 Å². The quantitative estimate of drug-likeness (QED) is 0.451. The number of morpholine rings is 1. The number of nitrogens with zero attached hydrogens (tertiary/aromatic N) is 1. The molecule has 0 spiro atoms. The Morgan fingerprint density at radius 3 is 2.71 bits per heavy atom. The number of carbonyl (C=O) groups excluding carboxylic acids is 1. The number of fused-ring (bicyclic) bond motifs is 2. The van der Waals surface area contributed by atoms with E-state index in [-0.39, 0.29) is 25.0 Å². The molecule has 0 N–H and O–H groups in total. The maximum atomic E-state index is 13.9. The Bertz CT molecular complexity index is 1230. The number of ether oxygens (including phenoxy) is 3. The molecule has 35 heavy (non-hydrogen) atoms. The van der Waals surface area contributed by atoms with E-state index in [0.717, 1.165) is 22.1 Å². The van der Waals surface area contributed by atoms with Gasteiger partial charge in [0.2, 0.25) is 0 Å². The van der Waals surface area contributed by atoms with Gasteiger partial charge in [0, 0.05) is 36.7 Å². The van der Waals surface area contributed by atoms with Crippen LogP contribution in [0.25, 0.3) is 11.0 Å². The number of methoxy groups -OCH3 is 1. The summed E-state index contributed by atoms with van der Waals surface area (Å²) in [5.74, 6) is 0.200. The van der Waals surface area contributed by atoms with E-state index in [1.54, 1.807) is 18.2 Å². The molecule has 0 bridgehead atoms. The number of benzene rings is 2. The predicted octanol–water partition coefficient (Wildman–Crippen LogP) is 5.07. The average Bonchev–Trinajstić information content (AvgIpc) is 3.43. The summed E-state index contributed by atoms with van der Waals surface area (Å²) in [5.41, 5.74) is 2.59. The van der Waals surface area contributed by atoms with Crippen LogP contribution < -0.4 is 4.74 Å². The van der Waals surface area contributed by atoms with E-state index in [2.05, 4.69) is 0 Å². The zero-order valence-electron chi connectivity index (χ0n) is 19.3. The fourth-order valence-corrected chi connectivity index (χ4v) is 4.96. The third-order valence-electron chi connectivity index (χ3n) is 6.73. The lowest BCUT2D eigenvalue weighted by molar-refractivity contribution is -0.140. The van der Waals surface area contributed by atoms with Crippen LogP contribution in [0.15, 0.2) is 41.0 Å². The Hall–Kier alpha value is -3.04. The number of hydrogen-bond donors (Lipinski definition) is 0. The molecule has 1 aromatic heterocycles. The van der Waals surface area contributed by atoms with E-state index in [4.69, 9.17) is 18.6 Å². The van der Waals surface area contributed by atoms with Crippen molar-refractivity contribution in [2.24, 2.45) is 0 Å². The highest BCUT2D eigenvalue weighted by Gasteiger charge is 2.38. The second-order valence-corrected chi connectivity index (χ2v) is 8.86. The molecule has 2 aromatic carbocycles. The first kappa shape index (κ1) is 23.7. The van der Waals surface area contributed by atoms with E-state index in [9.17, 15) is 18.0 Å². The Kier molecular flexibility index (Phi) is 6.46. The standard InChI is InChI=1S/C26H26F3NO5/c1-32-25(31)12-16-15-34-24-13-17(2-3-18(16)24)35-23-7-5-19-20(23)4-6-22(26(27,28)29)21(19)14-30-8-10-33-11-9-30/h2-4,6,13,15,23H,5,7-12,14H2,1H3/t23-/m1/s1. The van der Waals surface area contributed by atoms with E-state index in [1.165, 1.54) is 19.4 Å². The van der Waals surface area contributed by atoms with Crippen molar-refractivity contribution in [1.82, 2.24) is 4.90 Å². The van der Waals surface area contributed by atoms with Gasteiger partial charge in [-0.2, -0.15) is 13.2 Å². The number of rotatable bonds is 6. The summed E-state index contributed by atoms with van der Waals surface area (Å²) in [6, 6.07) is 8.09. The van der Waals surface area contributed by atoms with E-state index in [1.807, 2.05) is 11.0 Å². The van der Waals surface area contributed by atoms with Gasteiger partial charge in [-0.15, -0.1) is 0 Å². The van der Waals surface area contributed by atoms with Crippen molar-refractivity contribution in [3.8, 4) is 5.75 Å². The van der Waals surface area contributed by atoms with Crippen molar-refractivity contribution in [1.29, 1.82) is 0 Å². The molecule has 0 saturated carbocycles. The summed E-state index contributed by atoms with van der Waals surface area (Å²) in [6.07, 6.45) is -2.02. The highest BCUT2D eigenvalue weighted by molar-refractivity contribution is 5.86. The van der Waals surface area contributed by atoms with Gasteiger partial charge in [0.05, 0.1) is 38.6 Å². The summed E-state index contributed by atoms with van der Waals surface area (Å²) < 4.78 is 63.5. The Labute approximate surface area is 200 Å². The number of hydrogen-bond acceptors (Lipinski definition) is 6. The smallest absolute Gasteiger partial charge is 0.416 e. The van der Waals surface area contributed by atoms with Crippen LogP contribution in [0.1, 0.15) is 40.3 Å². The number of alkyl halides is 3. The van der Waals surface area contributed by atoms with Crippen LogP contribution in [-0.4, -0.2) is 44.3 Å². The zero-order chi connectivity index (χ0) is 24.6. The molecule has 6 nitrogen and oxygen atoms in total. The molecule has 1 fully saturated rings. The molecule has 0 unspecified atom stereocenters. The van der Waals surface area contributed by atoms with Gasteiger partial charge in [0.1, 0.15) is 17.4 Å². The molecule has 1 aliphatic heterocycles. The van der Waals surface area contributed by atoms with Crippen molar-refractivity contribution in [2.45, 2.75) is 38.1 Å². The van der Waals surface area contributed by atoms with Gasteiger partial charge < -0.3 is 18.6 Å². The van der Waals surface area contributed by atoms with Crippen molar-refractivity contribution >= 4 is 16.9 Å². The van der Waals surface area contributed by atoms with E-state index >= 15 is 0 Å². The fourth-order valence-electron chi connectivity index (χ4n) is 4.96. The number of carbonyl (C=O) groups is 1. The van der Waals surface area contributed by atoms with Crippen molar-refractivity contribution < 1.29 is 36.6 Å². The topological polar surface area (TPSA) is 61.1 Å². The predicted molar refractivity (Wildman–Crippen MR) is 121 cm³/mol. The second kappa shape index (κ2) is 9.54. The number of halogens is 3. The lowest BCUT2D eigenvalue weighted by atomic mass is 9.96. The van der Waals surface area contributed by atoms with Crippen LogP contribution in [0.5, 0.6) is 5.75 Å². The summed E-state index contributed by atoms with van der Waals surface area (Å²) in [7, 11) is 1.33. The molecule has 1 saturated heterocycles. The largest absolute Gasteiger partial charge is 0.486 e. The van der Waals surface area contributed by atoms with Gasteiger partial charge in [-0.25, -0.2) is 0 Å². The normalized spacial score (nSPS) is 18.6. The molecule has 1 aliphatic carbocycles. The van der Waals surface area contributed by atoms with Gasteiger partial charge >= 0.3 is 12.1 Å². The molecular formula is C26H26F3NO5. The summed E-state index contributed by atoms with van der Waals surface area (Å²) in [5, 5.41) is 0.789. The average molecular weight is 489 g/mol. The minimum absolute atomic E-state index is 0.104. The molecule has 0 amide bonds. The molecule has 2 heterocycles. The van der Waals surface area contributed by atoms with Gasteiger partial charge in [0.15, 0.2) is 0 Å². The highest BCUT2D eigenvalue weighted by atomic mass is 19.4. The van der Waals surface area contributed by atoms with Gasteiger partial charge in [0.25, 0.3) is 0 Å².